The molecule has 0 radical (unpaired) electrons. The lowest BCUT2D eigenvalue weighted by Crippen LogP contribution is -2.23. The third kappa shape index (κ3) is 3.39. The number of Topliss-reactive ketones (excluding diaryl/α,β-unsaturated/α-hetero) is 1. The Labute approximate surface area is 183 Å². The molecular formula is C26H27NO4. The van der Waals surface area contributed by atoms with Crippen molar-refractivity contribution in [1.29, 1.82) is 0 Å². The Morgan fingerprint density at radius 1 is 1.10 bits per heavy atom. The molecule has 2 heterocycles. The molecule has 3 aromatic rings. The summed E-state index contributed by atoms with van der Waals surface area (Å²) >= 11 is 0. The summed E-state index contributed by atoms with van der Waals surface area (Å²) in [5.41, 5.74) is 6.48. The van der Waals surface area contributed by atoms with E-state index in [0.717, 1.165) is 63.4 Å². The highest BCUT2D eigenvalue weighted by atomic mass is 16.7. The maximum atomic E-state index is 13.4. The zero-order valence-corrected chi connectivity index (χ0v) is 17.8. The van der Waals surface area contributed by atoms with Gasteiger partial charge in [0.2, 0.25) is 6.79 Å². The molecule has 5 nitrogen and oxygen atoms in total. The monoisotopic (exact) mass is 417 g/mol. The lowest BCUT2D eigenvalue weighted by Gasteiger charge is -2.17. The number of pyridine rings is 1. The van der Waals surface area contributed by atoms with Crippen molar-refractivity contribution in [2.45, 2.75) is 45.1 Å². The molecule has 1 aliphatic carbocycles. The predicted octanol–water partition coefficient (Wildman–Crippen LogP) is 4.68. The third-order valence-corrected chi connectivity index (χ3v) is 6.71. The largest absolute Gasteiger partial charge is 0.454 e. The first-order valence-electron chi connectivity index (χ1n) is 10.6. The van der Waals surface area contributed by atoms with Crippen molar-refractivity contribution < 1.29 is 20.8 Å². The van der Waals surface area contributed by atoms with E-state index in [1.54, 1.807) is 0 Å². The minimum absolute atomic E-state index is 0. The average molecular weight is 418 g/mol. The summed E-state index contributed by atoms with van der Waals surface area (Å²) in [5.74, 6) is 1.66. The quantitative estimate of drug-likeness (QED) is 0.631. The summed E-state index contributed by atoms with van der Waals surface area (Å²) in [5, 5.41) is 9.44. The fraction of sp³-hybridized carbons (Fsp3) is 0.308. The number of benzene rings is 2. The van der Waals surface area contributed by atoms with Gasteiger partial charge in [0.05, 0.1) is 17.7 Å². The van der Waals surface area contributed by atoms with Crippen LogP contribution in [0.3, 0.4) is 0 Å². The van der Waals surface area contributed by atoms with E-state index in [9.17, 15) is 9.90 Å². The third-order valence-electron chi connectivity index (χ3n) is 6.71. The van der Waals surface area contributed by atoms with Gasteiger partial charge in [0.25, 0.3) is 0 Å². The Kier molecular flexibility index (Phi) is 4.78. The Morgan fingerprint density at radius 3 is 2.68 bits per heavy atom. The molecule has 0 amide bonds. The van der Waals surface area contributed by atoms with Crippen LogP contribution >= 0.6 is 0 Å². The fourth-order valence-corrected chi connectivity index (χ4v) is 4.43. The summed E-state index contributed by atoms with van der Waals surface area (Å²) in [7, 11) is 0. The summed E-state index contributed by atoms with van der Waals surface area (Å²) in [6, 6.07) is 13.7. The number of ketones is 1. The van der Waals surface area contributed by atoms with Crippen LogP contribution in [0.4, 0.5) is 0 Å². The number of rotatable bonds is 6. The number of aliphatic hydroxyl groups excluding tert-OH is 1. The highest BCUT2D eigenvalue weighted by molar-refractivity contribution is 5.94. The number of ether oxygens (including phenoxy) is 2. The molecule has 2 aromatic carbocycles. The van der Waals surface area contributed by atoms with Gasteiger partial charge in [-0.15, -0.1) is 0 Å². The zero-order chi connectivity index (χ0) is 21.6. The number of aliphatic hydroxyl groups is 1. The van der Waals surface area contributed by atoms with Gasteiger partial charge in [-0.1, -0.05) is 24.3 Å². The van der Waals surface area contributed by atoms with Gasteiger partial charge in [0, 0.05) is 19.6 Å². The van der Waals surface area contributed by atoms with Crippen LogP contribution in [0.5, 0.6) is 11.5 Å². The van der Waals surface area contributed by atoms with Crippen LogP contribution < -0.4 is 9.47 Å². The van der Waals surface area contributed by atoms with Crippen LogP contribution in [-0.2, 0) is 23.2 Å². The van der Waals surface area contributed by atoms with E-state index < -0.39 is 5.41 Å². The fourth-order valence-electron chi connectivity index (χ4n) is 4.43. The first-order chi connectivity index (χ1) is 15.0. The minimum atomic E-state index is -0.433. The smallest absolute Gasteiger partial charge is 0.231 e. The number of fused-ring (bicyclic) bond motifs is 1. The van der Waals surface area contributed by atoms with Gasteiger partial charge in [-0.2, -0.15) is 0 Å². The van der Waals surface area contributed by atoms with Gasteiger partial charge < -0.3 is 14.6 Å². The van der Waals surface area contributed by atoms with Gasteiger partial charge in [-0.05, 0) is 72.7 Å². The molecule has 1 N–H and O–H groups in total. The lowest BCUT2D eigenvalue weighted by molar-refractivity contribution is -0.120. The zero-order valence-electron chi connectivity index (χ0n) is 17.8. The van der Waals surface area contributed by atoms with Gasteiger partial charge >= 0.3 is 0 Å². The molecule has 0 unspecified atom stereocenters. The Bertz CT molecular complexity index is 1190. The maximum Gasteiger partial charge on any atom is 0.231 e. The second kappa shape index (κ2) is 7.50. The number of hydrogen-bond donors (Lipinski definition) is 1. The molecule has 1 saturated carbocycles. The van der Waals surface area contributed by atoms with E-state index >= 15 is 0 Å². The topological polar surface area (TPSA) is 68.7 Å². The molecule has 2 aliphatic rings. The van der Waals surface area contributed by atoms with Gasteiger partial charge in [-0.25, -0.2) is 0 Å². The Balaban J connectivity index is 0.00000245. The van der Waals surface area contributed by atoms with Crippen LogP contribution in [0.25, 0.3) is 11.1 Å². The molecule has 5 rings (SSSR count). The molecule has 1 fully saturated rings. The Hall–Kier alpha value is -3.18. The lowest BCUT2D eigenvalue weighted by atomic mass is 9.87. The van der Waals surface area contributed by atoms with Gasteiger partial charge in [0.1, 0.15) is 5.78 Å². The van der Waals surface area contributed by atoms with Crippen molar-refractivity contribution in [3.63, 3.8) is 0 Å². The molecule has 0 saturated heterocycles. The summed E-state index contributed by atoms with van der Waals surface area (Å²) in [4.78, 5) is 18.0. The second-order valence-corrected chi connectivity index (χ2v) is 8.48. The summed E-state index contributed by atoms with van der Waals surface area (Å²) < 4.78 is 10.9. The molecule has 160 valence electrons. The number of hydrogen-bond acceptors (Lipinski definition) is 5. The van der Waals surface area contributed by atoms with E-state index in [2.05, 4.69) is 11.9 Å². The van der Waals surface area contributed by atoms with Gasteiger partial charge in [-0.3, -0.25) is 9.78 Å². The van der Waals surface area contributed by atoms with Crippen LogP contribution in [0.2, 0.25) is 0 Å². The van der Waals surface area contributed by atoms with Crippen molar-refractivity contribution in [3.05, 3.63) is 76.6 Å². The SMILES string of the molecule is Cc1c(-c2cccc(CO)c2)cnc(CC(=O)C2(c3ccc4c(c3)OCO4)CC2)c1C.[HH]. The van der Waals surface area contributed by atoms with E-state index in [4.69, 9.17) is 9.47 Å². The van der Waals surface area contributed by atoms with Crippen LogP contribution in [0.1, 0.15) is 42.2 Å². The van der Waals surface area contributed by atoms with Crippen molar-refractivity contribution >= 4 is 5.78 Å². The molecule has 31 heavy (non-hydrogen) atoms. The summed E-state index contributed by atoms with van der Waals surface area (Å²) in [6.45, 7) is 4.34. The number of nitrogens with zero attached hydrogens (tertiary/aromatic N) is 1. The van der Waals surface area contributed by atoms with E-state index in [1.807, 2.05) is 55.6 Å². The molecular weight excluding hydrogens is 390 g/mol. The van der Waals surface area contributed by atoms with E-state index in [1.165, 1.54) is 0 Å². The number of carbonyl (C=O) groups excluding carboxylic acids is 1. The second-order valence-electron chi connectivity index (χ2n) is 8.48. The van der Waals surface area contributed by atoms with Crippen molar-refractivity contribution in [2.24, 2.45) is 0 Å². The summed E-state index contributed by atoms with van der Waals surface area (Å²) in [6.07, 6.45) is 3.88. The maximum absolute atomic E-state index is 13.4. The average Bonchev–Trinajstić information content (AvgIpc) is 3.48. The molecule has 0 spiro atoms. The van der Waals surface area contributed by atoms with Crippen molar-refractivity contribution in [1.82, 2.24) is 4.98 Å². The van der Waals surface area contributed by atoms with Crippen molar-refractivity contribution in [3.8, 4) is 22.6 Å². The van der Waals surface area contributed by atoms with Crippen LogP contribution in [0.15, 0.2) is 48.7 Å². The first kappa shape index (κ1) is 19.8. The molecule has 0 atom stereocenters. The van der Waals surface area contributed by atoms with Crippen LogP contribution in [-0.4, -0.2) is 22.7 Å². The van der Waals surface area contributed by atoms with E-state index in [-0.39, 0.29) is 20.6 Å². The highest BCUT2D eigenvalue weighted by Crippen LogP contribution is 2.51. The predicted molar refractivity (Wildman–Crippen MR) is 119 cm³/mol. The number of carbonyl (C=O) groups is 1. The first-order valence-corrected chi connectivity index (χ1v) is 10.6. The standard InChI is InChI=1S/C26H25NO4.H2/c1-16-17(2)22(27-13-21(16)19-5-3-4-18(10-19)14-28)12-25(29)26(8-9-26)20-6-7-23-24(11-20)31-15-30-23;/h3-7,10-11,13,28H,8-9,12,14-15H2,1-2H3;1H. The number of aromatic nitrogens is 1. The molecule has 1 aromatic heterocycles. The Morgan fingerprint density at radius 2 is 1.90 bits per heavy atom. The molecule has 0 bridgehead atoms. The molecule has 1 aliphatic heterocycles. The van der Waals surface area contributed by atoms with Crippen LogP contribution in [0, 0.1) is 13.8 Å². The minimum Gasteiger partial charge on any atom is -0.454 e. The van der Waals surface area contributed by atoms with Gasteiger partial charge in [0.15, 0.2) is 11.5 Å². The normalized spacial score (nSPS) is 15.7. The van der Waals surface area contributed by atoms with Crippen molar-refractivity contribution in [2.75, 3.05) is 6.79 Å². The molecule has 5 heteroatoms. The van der Waals surface area contributed by atoms with E-state index in [0.29, 0.717) is 6.42 Å². The highest BCUT2D eigenvalue weighted by Gasteiger charge is 2.51.